The Bertz CT molecular complexity index is 1240. The Morgan fingerprint density at radius 3 is 2.03 bits per heavy atom. The molecular formula is C30H34N4O3. The van der Waals surface area contributed by atoms with Gasteiger partial charge in [-0.1, -0.05) is 30.3 Å². The lowest BCUT2D eigenvalue weighted by Gasteiger charge is -2.35. The summed E-state index contributed by atoms with van der Waals surface area (Å²) in [4.78, 5) is 42.0. The molecule has 1 aliphatic heterocycles. The van der Waals surface area contributed by atoms with Crippen LogP contribution < -0.4 is 10.6 Å². The van der Waals surface area contributed by atoms with Gasteiger partial charge in [0.15, 0.2) is 0 Å². The summed E-state index contributed by atoms with van der Waals surface area (Å²) in [5.41, 5.74) is 3.28. The lowest BCUT2D eigenvalue weighted by atomic mass is 10.1. The highest BCUT2D eigenvalue weighted by Crippen LogP contribution is 2.16. The first-order chi connectivity index (χ1) is 17.7. The molecule has 0 radical (unpaired) electrons. The molecule has 3 amide bonds. The minimum absolute atomic E-state index is 0.0126. The van der Waals surface area contributed by atoms with Crippen LogP contribution in [0.1, 0.15) is 57.4 Å². The van der Waals surface area contributed by atoms with Crippen molar-refractivity contribution in [2.45, 2.75) is 32.9 Å². The Kier molecular flexibility index (Phi) is 8.04. The number of amides is 3. The molecule has 0 aliphatic carbocycles. The summed E-state index contributed by atoms with van der Waals surface area (Å²) in [7, 11) is 0. The van der Waals surface area contributed by atoms with Crippen molar-refractivity contribution in [2.24, 2.45) is 0 Å². The fourth-order valence-electron chi connectivity index (χ4n) is 4.26. The van der Waals surface area contributed by atoms with E-state index in [0.29, 0.717) is 35.5 Å². The summed E-state index contributed by atoms with van der Waals surface area (Å²) in [5, 5.41) is 5.86. The molecule has 0 atom stereocenters. The first-order valence-corrected chi connectivity index (χ1v) is 12.6. The normalized spacial score (nSPS) is 14.2. The van der Waals surface area contributed by atoms with Crippen LogP contribution in [0, 0.1) is 0 Å². The van der Waals surface area contributed by atoms with Crippen molar-refractivity contribution in [1.29, 1.82) is 0 Å². The second kappa shape index (κ2) is 11.4. The van der Waals surface area contributed by atoms with Gasteiger partial charge in [-0.2, -0.15) is 0 Å². The minimum Gasteiger partial charge on any atom is -0.347 e. The van der Waals surface area contributed by atoms with Crippen LogP contribution in [0.5, 0.6) is 0 Å². The summed E-state index contributed by atoms with van der Waals surface area (Å²) in [6, 6.07) is 23.8. The standard InChI is InChI=1S/C30H34N4O3/c1-30(2,3)32-28(36)25-11-7-8-22(20-25)21-33-16-18-34(19-17-33)29(37)24-12-14-26(15-13-24)31-27(35)23-9-5-4-6-10-23/h4-15,20H,16-19,21H2,1-3H3,(H,31,35)(H,32,36). The van der Waals surface area contributed by atoms with Gasteiger partial charge in [-0.3, -0.25) is 19.3 Å². The molecule has 0 spiro atoms. The van der Waals surface area contributed by atoms with E-state index in [0.717, 1.165) is 25.2 Å². The maximum Gasteiger partial charge on any atom is 0.255 e. The van der Waals surface area contributed by atoms with Gasteiger partial charge in [0.2, 0.25) is 0 Å². The van der Waals surface area contributed by atoms with Crippen molar-refractivity contribution >= 4 is 23.4 Å². The molecule has 7 heteroatoms. The van der Waals surface area contributed by atoms with E-state index in [-0.39, 0.29) is 23.3 Å². The molecule has 3 aromatic carbocycles. The molecule has 0 unspecified atom stereocenters. The molecule has 3 aromatic rings. The monoisotopic (exact) mass is 498 g/mol. The predicted molar refractivity (Wildman–Crippen MR) is 146 cm³/mol. The smallest absolute Gasteiger partial charge is 0.255 e. The number of carbonyl (C=O) groups is 3. The van der Waals surface area contributed by atoms with E-state index < -0.39 is 0 Å². The number of hydrogen-bond donors (Lipinski definition) is 2. The first-order valence-electron chi connectivity index (χ1n) is 12.6. The van der Waals surface area contributed by atoms with Crippen LogP contribution >= 0.6 is 0 Å². The molecule has 1 heterocycles. The molecule has 1 saturated heterocycles. The number of anilines is 1. The van der Waals surface area contributed by atoms with Gasteiger partial charge in [0.25, 0.3) is 17.7 Å². The molecule has 0 saturated carbocycles. The van der Waals surface area contributed by atoms with Gasteiger partial charge < -0.3 is 15.5 Å². The summed E-state index contributed by atoms with van der Waals surface area (Å²) >= 11 is 0. The zero-order valence-electron chi connectivity index (χ0n) is 21.7. The Balaban J connectivity index is 1.28. The largest absolute Gasteiger partial charge is 0.347 e. The highest BCUT2D eigenvalue weighted by atomic mass is 16.2. The van der Waals surface area contributed by atoms with E-state index >= 15 is 0 Å². The Labute approximate surface area is 218 Å². The van der Waals surface area contributed by atoms with Gasteiger partial charge >= 0.3 is 0 Å². The number of rotatable bonds is 6. The predicted octanol–water partition coefficient (Wildman–Crippen LogP) is 4.43. The molecule has 1 fully saturated rings. The molecule has 37 heavy (non-hydrogen) atoms. The minimum atomic E-state index is -0.285. The van der Waals surface area contributed by atoms with Crippen molar-refractivity contribution in [3.63, 3.8) is 0 Å². The summed E-state index contributed by atoms with van der Waals surface area (Å²) in [6.07, 6.45) is 0. The quantitative estimate of drug-likeness (QED) is 0.527. The Morgan fingerprint density at radius 2 is 1.38 bits per heavy atom. The fourth-order valence-corrected chi connectivity index (χ4v) is 4.26. The lowest BCUT2D eigenvalue weighted by Crippen LogP contribution is -2.48. The highest BCUT2D eigenvalue weighted by molar-refractivity contribution is 6.04. The van der Waals surface area contributed by atoms with E-state index in [4.69, 9.17) is 0 Å². The van der Waals surface area contributed by atoms with Crippen molar-refractivity contribution in [3.8, 4) is 0 Å². The van der Waals surface area contributed by atoms with Gasteiger partial charge in [-0.05, 0) is 74.9 Å². The average molecular weight is 499 g/mol. The summed E-state index contributed by atoms with van der Waals surface area (Å²) < 4.78 is 0. The summed E-state index contributed by atoms with van der Waals surface area (Å²) in [6.45, 7) is 9.42. The van der Waals surface area contributed by atoms with Gasteiger partial charge in [0, 0.05) is 60.6 Å². The van der Waals surface area contributed by atoms with Crippen LogP contribution in [-0.4, -0.2) is 59.2 Å². The van der Waals surface area contributed by atoms with Crippen molar-refractivity contribution < 1.29 is 14.4 Å². The summed E-state index contributed by atoms with van der Waals surface area (Å²) in [5.74, 6) is -0.270. The second-order valence-corrected chi connectivity index (χ2v) is 10.4. The molecular weight excluding hydrogens is 464 g/mol. The average Bonchev–Trinajstić information content (AvgIpc) is 2.89. The van der Waals surface area contributed by atoms with Crippen LogP contribution in [0.3, 0.4) is 0 Å². The number of carbonyl (C=O) groups excluding carboxylic acids is 3. The van der Waals surface area contributed by atoms with Crippen molar-refractivity contribution in [2.75, 3.05) is 31.5 Å². The SMILES string of the molecule is CC(C)(C)NC(=O)c1cccc(CN2CCN(C(=O)c3ccc(NC(=O)c4ccccc4)cc3)CC2)c1. The third-order valence-corrected chi connectivity index (χ3v) is 6.17. The Morgan fingerprint density at radius 1 is 0.730 bits per heavy atom. The molecule has 7 nitrogen and oxygen atoms in total. The zero-order valence-corrected chi connectivity index (χ0v) is 21.7. The van der Waals surface area contributed by atoms with Crippen LogP contribution in [0.4, 0.5) is 5.69 Å². The number of hydrogen-bond acceptors (Lipinski definition) is 4. The molecule has 192 valence electrons. The van der Waals surface area contributed by atoms with Gasteiger partial charge in [0.1, 0.15) is 0 Å². The van der Waals surface area contributed by atoms with Crippen molar-refractivity contribution in [3.05, 3.63) is 101 Å². The third kappa shape index (κ3) is 7.27. The maximum atomic E-state index is 13.0. The second-order valence-electron chi connectivity index (χ2n) is 10.4. The van der Waals surface area contributed by atoms with E-state index in [9.17, 15) is 14.4 Å². The number of piperazine rings is 1. The fraction of sp³-hybridized carbons (Fsp3) is 0.300. The highest BCUT2D eigenvalue weighted by Gasteiger charge is 2.23. The van der Waals surface area contributed by atoms with Gasteiger partial charge in [-0.25, -0.2) is 0 Å². The topological polar surface area (TPSA) is 81.8 Å². The van der Waals surface area contributed by atoms with Crippen LogP contribution in [0.15, 0.2) is 78.9 Å². The number of nitrogens with zero attached hydrogens (tertiary/aromatic N) is 2. The van der Waals surface area contributed by atoms with Gasteiger partial charge in [0.05, 0.1) is 0 Å². The van der Waals surface area contributed by atoms with E-state index in [1.54, 1.807) is 36.4 Å². The molecule has 0 aromatic heterocycles. The van der Waals surface area contributed by atoms with Crippen LogP contribution in [-0.2, 0) is 6.54 Å². The Hall–Kier alpha value is -3.97. The van der Waals surface area contributed by atoms with Crippen LogP contribution in [0.2, 0.25) is 0 Å². The van der Waals surface area contributed by atoms with Crippen molar-refractivity contribution in [1.82, 2.24) is 15.1 Å². The van der Waals surface area contributed by atoms with E-state index in [1.165, 1.54) is 0 Å². The van der Waals surface area contributed by atoms with E-state index in [2.05, 4.69) is 15.5 Å². The molecule has 2 N–H and O–H groups in total. The number of nitrogens with one attached hydrogen (secondary N) is 2. The molecule has 4 rings (SSSR count). The maximum absolute atomic E-state index is 13.0. The molecule has 1 aliphatic rings. The lowest BCUT2D eigenvalue weighted by molar-refractivity contribution is 0.0628. The number of benzene rings is 3. The van der Waals surface area contributed by atoms with E-state index in [1.807, 2.05) is 68.1 Å². The third-order valence-electron chi connectivity index (χ3n) is 6.17. The zero-order chi connectivity index (χ0) is 26.4. The first kappa shape index (κ1) is 26.1. The molecule has 0 bridgehead atoms. The van der Waals surface area contributed by atoms with Crippen LogP contribution in [0.25, 0.3) is 0 Å². The van der Waals surface area contributed by atoms with Gasteiger partial charge in [-0.15, -0.1) is 0 Å².